The smallest absolute Gasteiger partial charge is 0.233 e. The summed E-state index contributed by atoms with van der Waals surface area (Å²) in [6.45, 7) is 9.98. The van der Waals surface area contributed by atoms with Gasteiger partial charge in [-0.1, -0.05) is 44.7 Å². The second kappa shape index (κ2) is 10.0. The molecule has 0 saturated carbocycles. The van der Waals surface area contributed by atoms with Gasteiger partial charge < -0.3 is 14.5 Å². The summed E-state index contributed by atoms with van der Waals surface area (Å²) in [6, 6.07) is 8.04. The van der Waals surface area contributed by atoms with Crippen molar-refractivity contribution in [3.63, 3.8) is 0 Å². The first-order valence-electron chi connectivity index (χ1n) is 13.3. The number of thioether (sulfide) groups is 1. The zero-order chi connectivity index (χ0) is 26.4. The van der Waals surface area contributed by atoms with E-state index in [2.05, 4.69) is 41.9 Å². The number of hydrogen-bond acceptors (Lipinski definition) is 8. The van der Waals surface area contributed by atoms with Gasteiger partial charge in [0.15, 0.2) is 10.8 Å². The number of amides is 1. The largest absolute Gasteiger partial charge is 0.495 e. The van der Waals surface area contributed by atoms with Gasteiger partial charge in [0.2, 0.25) is 5.91 Å². The van der Waals surface area contributed by atoms with Crippen LogP contribution in [0.2, 0.25) is 0 Å². The maximum absolute atomic E-state index is 13.1. The lowest BCUT2D eigenvalue weighted by atomic mass is 9.72. The molecular weight excluding hydrogens is 516 g/mol. The first kappa shape index (κ1) is 25.4. The fourth-order valence-electron chi connectivity index (χ4n) is 5.70. The van der Waals surface area contributed by atoms with E-state index in [4.69, 9.17) is 9.72 Å². The SMILES string of the molecule is COc1ccccc1N1CCN(C(=O)CSc2nnc3c4c5c(sc4ncn23)CC(C(C)(C)C)CC5)CC1. The van der Waals surface area contributed by atoms with Crippen LogP contribution in [0.15, 0.2) is 35.7 Å². The summed E-state index contributed by atoms with van der Waals surface area (Å²) in [4.78, 5) is 24.6. The number of rotatable bonds is 5. The lowest BCUT2D eigenvalue weighted by Gasteiger charge is -2.36. The Kier molecular flexibility index (Phi) is 6.72. The van der Waals surface area contributed by atoms with E-state index in [1.54, 1.807) is 7.11 Å². The zero-order valence-corrected chi connectivity index (χ0v) is 24.1. The van der Waals surface area contributed by atoms with Crippen LogP contribution in [0.3, 0.4) is 0 Å². The van der Waals surface area contributed by atoms with Crippen LogP contribution in [0.5, 0.6) is 5.75 Å². The fourth-order valence-corrected chi connectivity index (χ4v) is 7.77. The maximum Gasteiger partial charge on any atom is 0.233 e. The van der Waals surface area contributed by atoms with Crippen molar-refractivity contribution in [1.29, 1.82) is 0 Å². The first-order chi connectivity index (χ1) is 18.3. The van der Waals surface area contributed by atoms with Gasteiger partial charge in [-0.15, -0.1) is 21.5 Å². The van der Waals surface area contributed by atoms with Crippen molar-refractivity contribution in [3.05, 3.63) is 41.0 Å². The number of nitrogens with zero attached hydrogens (tertiary/aromatic N) is 6. The summed E-state index contributed by atoms with van der Waals surface area (Å²) in [7, 11) is 1.69. The molecule has 1 aliphatic carbocycles. The molecule has 1 amide bonds. The van der Waals surface area contributed by atoms with E-state index >= 15 is 0 Å². The summed E-state index contributed by atoms with van der Waals surface area (Å²) < 4.78 is 7.47. The van der Waals surface area contributed by atoms with Crippen molar-refractivity contribution >= 4 is 50.6 Å². The molecule has 0 spiro atoms. The Bertz CT molecular complexity index is 1480. The number of thiophene rings is 1. The topological polar surface area (TPSA) is 75.9 Å². The molecule has 1 unspecified atom stereocenters. The molecule has 0 N–H and O–H groups in total. The summed E-state index contributed by atoms with van der Waals surface area (Å²) in [5.74, 6) is 2.01. The number of aryl methyl sites for hydroxylation is 1. The Labute approximate surface area is 231 Å². The van der Waals surface area contributed by atoms with Crippen LogP contribution in [-0.4, -0.2) is 69.4 Å². The van der Waals surface area contributed by atoms with E-state index in [0.717, 1.165) is 58.4 Å². The number of piperazine rings is 1. The van der Waals surface area contributed by atoms with E-state index in [0.29, 0.717) is 30.2 Å². The van der Waals surface area contributed by atoms with Gasteiger partial charge in [0, 0.05) is 31.1 Å². The average Bonchev–Trinajstić information content (AvgIpc) is 3.51. The molecule has 3 aromatic heterocycles. The molecule has 2 aliphatic rings. The highest BCUT2D eigenvalue weighted by molar-refractivity contribution is 7.99. The number of carbonyl (C=O) groups is 1. The molecule has 1 aromatic carbocycles. The molecule has 200 valence electrons. The van der Waals surface area contributed by atoms with Crippen molar-refractivity contribution in [2.45, 2.75) is 45.2 Å². The number of fused-ring (bicyclic) bond motifs is 5. The predicted molar refractivity (Wildman–Crippen MR) is 154 cm³/mol. The highest BCUT2D eigenvalue weighted by Gasteiger charge is 2.32. The third-order valence-corrected chi connectivity index (χ3v) is 10.1. The van der Waals surface area contributed by atoms with Gasteiger partial charge in [-0.05, 0) is 48.3 Å². The van der Waals surface area contributed by atoms with Gasteiger partial charge >= 0.3 is 0 Å². The molecule has 6 rings (SSSR count). The first-order valence-corrected chi connectivity index (χ1v) is 15.1. The van der Waals surface area contributed by atoms with Crippen LogP contribution in [0.1, 0.15) is 37.6 Å². The minimum absolute atomic E-state index is 0.126. The Balaban J connectivity index is 1.13. The van der Waals surface area contributed by atoms with Crippen LogP contribution >= 0.6 is 23.1 Å². The Morgan fingerprint density at radius 2 is 1.95 bits per heavy atom. The number of carbonyl (C=O) groups excluding carboxylic acids is 1. The van der Waals surface area contributed by atoms with Crippen LogP contribution in [0, 0.1) is 11.3 Å². The lowest BCUT2D eigenvalue weighted by molar-refractivity contribution is -0.128. The minimum Gasteiger partial charge on any atom is -0.495 e. The normalized spacial score (nSPS) is 18.3. The second-order valence-corrected chi connectivity index (χ2v) is 13.3. The van der Waals surface area contributed by atoms with Gasteiger partial charge in [0.1, 0.15) is 16.9 Å². The van der Waals surface area contributed by atoms with Crippen molar-refractivity contribution in [2.24, 2.45) is 11.3 Å². The summed E-state index contributed by atoms with van der Waals surface area (Å²) in [5.41, 5.74) is 3.65. The van der Waals surface area contributed by atoms with Gasteiger partial charge in [-0.2, -0.15) is 0 Å². The number of methoxy groups -OCH3 is 1. The summed E-state index contributed by atoms with van der Waals surface area (Å²) in [6.07, 6.45) is 5.19. The van der Waals surface area contributed by atoms with E-state index in [1.807, 2.05) is 45.2 Å². The lowest BCUT2D eigenvalue weighted by Crippen LogP contribution is -2.49. The van der Waals surface area contributed by atoms with E-state index in [1.165, 1.54) is 28.6 Å². The fraction of sp³-hybridized carbons (Fsp3) is 0.500. The van der Waals surface area contributed by atoms with Crippen LogP contribution < -0.4 is 9.64 Å². The predicted octanol–water partition coefficient (Wildman–Crippen LogP) is 4.94. The van der Waals surface area contributed by atoms with Gasteiger partial charge in [-0.25, -0.2) is 4.98 Å². The standard InChI is InChI=1S/C28H34N6O2S2/c1-28(2,3)18-9-10-19-22(15-18)38-26-24(19)25-30-31-27(34(25)17-29-26)37-16-23(35)33-13-11-32(12-14-33)20-7-5-6-8-21(20)36-4/h5-8,17-18H,9-16H2,1-4H3. The van der Waals surface area contributed by atoms with Gasteiger partial charge in [0.05, 0.1) is 23.9 Å². The molecule has 1 saturated heterocycles. The molecule has 4 heterocycles. The molecule has 38 heavy (non-hydrogen) atoms. The maximum atomic E-state index is 13.1. The Morgan fingerprint density at radius 3 is 2.71 bits per heavy atom. The van der Waals surface area contributed by atoms with Crippen LogP contribution in [-0.2, 0) is 17.6 Å². The van der Waals surface area contributed by atoms with Crippen molar-refractivity contribution in [1.82, 2.24) is 24.5 Å². The summed E-state index contributed by atoms with van der Waals surface area (Å²) in [5, 5.41) is 10.9. The molecular formula is C28H34N6O2S2. The van der Waals surface area contributed by atoms with Gasteiger partial charge in [-0.3, -0.25) is 9.20 Å². The number of para-hydroxylation sites is 2. The van der Waals surface area contributed by atoms with Gasteiger partial charge in [0.25, 0.3) is 0 Å². The quantitative estimate of drug-likeness (QED) is 0.326. The number of hydrogen-bond donors (Lipinski definition) is 0. The number of benzene rings is 1. The third-order valence-electron chi connectivity index (χ3n) is 8.03. The van der Waals surface area contributed by atoms with Crippen LogP contribution in [0.25, 0.3) is 15.9 Å². The molecule has 1 fully saturated rings. The van der Waals surface area contributed by atoms with Crippen LogP contribution in [0.4, 0.5) is 5.69 Å². The van der Waals surface area contributed by atoms with E-state index < -0.39 is 0 Å². The van der Waals surface area contributed by atoms with Crippen molar-refractivity contribution in [3.8, 4) is 5.75 Å². The van der Waals surface area contributed by atoms with E-state index in [-0.39, 0.29) is 5.91 Å². The third kappa shape index (κ3) is 4.62. The summed E-state index contributed by atoms with van der Waals surface area (Å²) >= 11 is 3.25. The number of ether oxygens (including phenoxy) is 1. The highest BCUT2D eigenvalue weighted by atomic mass is 32.2. The molecule has 1 aliphatic heterocycles. The molecule has 10 heteroatoms. The monoisotopic (exact) mass is 550 g/mol. The Hall–Kier alpha value is -2.85. The minimum atomic E-state index is 0.126. The Morgan fingerprint density at radius 1 is 1.16 bits per heavy atom. The average molecular weight is 551 g/mol. The number of aromatic nitrogens is 4. The van der Waals surface area contributed by atoms with E-state index in [9.17, 15) is 4.79 Å². The van der Waals surface area contributed by atoms with Crippen molar-refractivity contribution in [2.75, 3.05) is 43.9 Å². The molecule has 0 radical (unpaired) electrons. The molecule has 1 atom stereocenters. The van der Waals surface area contributed by atoms with Crippen molar-refractivity contribution < 1.29 is 9.53 Å². The number of anilines is 1. The molecule has 4 aromatic rings. The highest BCUT2D eigenvalue weighted by Crippen LogP contribution is 2.43. The zero-order valence-electron chi connectivity index (χ0n) is 22.4. The molecule has 0 bridgehead atoms. The molecule has 8 nitrogen and oxygen atoms in total. The second-order valence-electron chi connectivity index (χ2n) is 11.2.